The topological polar surface area (TPSA) is 102 Å². The highest BCUT2D eigenvalue weighted by atomic mass is 16.6. The minimum absolute atomic E-state index is 0.0681. The van der Waals surface area contributed by atoms with Crippen LogP contribution < -0.4 is 4.74 Å². The zero-order valence-corrected chi connectivity index (χ0v) is 11.0. The number of rotatable bonds is 7. The maximum atomic E-state index is 11.3. The molecule has 0 unspecified atom stereocenters. The summed E-state index contributed by atoms with van der Waals surface area (Å²) in [6, 6.07) is 5.56. The maximum Gasteiger partial charge on any atom is 0.344 e. The van der Waals surface area contributed by atoms with Crippen molar-refractivity contribution in [3.8, 4) is 11.8 Å². The number of nitrogens with zero attached hydrogens (tertiary/aromatic N) is 2. The molecule has 20 heavy (non-hydrogen) atoms. The zero-order chi connectivity index (χ0) is 15.0. The molecule has 7 heteroatoms. The standard InChI is InChI=1S/C13H14N2O5/c1-2-3-6-19-13(16)9-20-12-5-4-10(8-14)7-11(12)15(17)18/h4-5,7H,2-3,6,9H2,1H3. The zero-order valence-electron chi connectivity index (χ0n) is 11.0. The molecule has 1 rings (SSSR count). The van der Waals surface area contributed by atoms with Gasteiger partial charge in [0.05, 0.1) is 23.2 Å². The second-order valence-corrected chi connectivity index (χ2v) is 3.91. The van der Waals surface area contributed by atoms with Crippen molar-refractivity contribution in [3.05, 3.63) is 33.9 Å². The fraction of sp³-hybridized carbons (Fsp3) is 0.385. The van der Waals surface area contributed by atoms with Gasteiger partial charge in [-0.1, -0.05) is 13.3 Å². The van der Waals surface area contributed by atoms with E-state index in [4.69, 9.17) is 14.7 Å². The molecule has 1 aromatic rings. The van der Waals surface area contributed by atoms with Crippen molar-refractivity contribution >= 4 is 11.7 Å². The van der Waals surface area contributed by atoms with Crippen molar-refractivity contribution in [2.24, 2.45) is 0 Å². The third kappa shape index (κ3) is 4.57. The summed E-state index contributed by atoms with van der Waals surface area (Å²) >= 11 is 0. The average molecular weight is 278 g/mol. The Hall–Kier alpha value is -2.62. The van der Waals surface area contributed by atoms with Crippen LogP contribution in [0.2, 0.25) is 0 Å². The van der Waals surface area contributed by atoms with Crippen LogP contribution in [0.4, 0.5) is 5.69 Å². The quantitative estimate of drug-likeness (QED) is 0.328. The van der Waals surface area contributed by atoms with Crippen LogP contribution in [0, 0.1) is 21.4 Å². The average Bonchev–Trinajstić information content (AvgIpc) is 2.45. The highest BCUT2D eigenvalue weighted by molar-refractivity contribution is 5.71. The Labute approximate surface area is 115 Å². The summed E-state index contributed by atoms with van der Waals surface area (Å²) in [5.41, 5.74) is -0.208. The first-order valence-electron chi connectivity index (χ1n) is 6.05. The molecule has 0 heterocycles. The molecular weight excluding hydrogens is 264 g/mol. The summed E-state index contributed by atoms with van der Waals surface area (Å²) < 4.78 is 9.93. The number of ether oxygens (including phenoxy) is 2. The van der Waals surface area contributed by atoms with Gasteiger partial charge in [0.25, 0.3) is 0 Å². The lowest BCUT2D eigenvalue weighted by atomic mass is 10.2. The van der Waals surface area contributed by atoms with Crippen LogP contribution in [0.5, 0.6) is 5.75 Å². The molecule has 0 spiro atoms. The van der Waals surface area contributed by atoms with E-state index < -0.39 is 17.5 Å². The molecular formula is C13H14N2O5. The van der Waals surface area contributed by atoms with E-state index in [1.165, 1.54) is 12.1 Å². The molecule has 0 aliphatic rings. The van der Waals surface area contributed by atoms with E-state index in [2.05, 4.69) is 0 Å². The molecule has 0 N–H and O–H groups in total. The van der Waals surface area contributed by atoms with Crippen LogP contribution >= 0.6 is 0 Å². The van der Waals surface area contributed by atoms with E-state index in [9.17, 15) is 14.9 Å². The molecule has 0 radical (unpaired) electrons. The first kappa shape index (κ1) is 15.4. The van der Waals surface area contributed by atoms with Gasteiger partial charge >= 0.3 is 11.7 Å². The Morgan fingerprint density at radius 1 is 1.50 bits per heavy atom. The highest BCUT2D eigenvalue weighted by Gasteiger charge is 2.17. The van der Waals surface area contributed by atoms with Crippen LogP contribution in [0.3, 0.4) is 0 Å². The lowest BCUT2D eigenvalue weighted by molar-refractivity contribution is -0.385. The summed E-state index contributed by atoms with van der Waals surface area (Å²) in [5.74, 6) is -0.654. The molecule has 0 amide bonds. The molecule has 0 aliphatic heterocycles. The van der Waals surface area contributed by atoms with Gasteiger partial charge < -0.3 is 9.47 Å². The van der Waals surface area contributed by atoms with Gasteiger partial charge in [0.15, 0.2) is 12.4 Å². The van der Waals surface area contributed by atoms with E-state index >= 15 is 0 Å². The molecule has 0 fully saturated rings. The Morgan fingerprint density at radius 3 is 2.85 bits per heavy atom. The Kier molecular flexibility index (Phi) is 5.97. The number of nitro benzene ring substituents is 1. The Balaban J connectivity index is 2.66. The third-order valence-electron chi connectivity index (χ3n) is 2.39. The van der Waals surface area contributed by atoms with Gasteiger partial charge in [-0.2, -0.15) is 5.26 Å². The minimum Gasteiger partial charge on any atom is -0.475 e. The minimum atomic E-state index is -0.668. The number of nitriles is 1. The van der Waals surface area contributed by atoms with E-state index in [1.54, 1.807) is 6.07 Å². The van der Waals surface area contributed by atoms with Gasteiger partial charge in [-0.05, 0) is 18.6 Å². The van der Waals surface area contributed by atoms with E-state index in [0.717, 1.165) is 18.9 Å². The van der Waals surface area contributed by atoms with E-state index in [1.807, 2.05) is 6.92 Å². The maximum absolute atomic E-state index is 11.3. The van der Waals surface area contributed by atoms with Gasteiger partial charge in [0.1, 0.15) is 0 Å². The van der Waals surface area contributed by atoms with Crippen molar-refractivity contribution in [2.75, 3.05) is 13.2 Å². The third-order valence-corrected chi connectivity index (χ3v) is 2.39. The fourth-order valence-corrected chi connectivity index (χ4v) is 1.36. The first-order chi connectivity index (χ1) is 9.58. The summed E-state index contributed by atoms with van der Waals surface area (Å²) in [7, 11) is 0. The fourth-order valence-electron chi connectivity index (χ4n) is 1.36. The second kappa shape index (κ2) is 7.74. The molecule has 0 aromatic heterocycles. The molecule has 0 aliphatic carbocycles. The van der Waals surface area contributed by atoms with Crippen LogP contribution in [-0.4, -0.2) is 24.1 Å². The van der Waals surface area contributed by atoms with Crippen LogP contribution in [-0.2, 0) is 9.53 Å². The van der Waals surface area contributed by atoms with Crippen molar-refractivity contribution in [3.63, 3.8) is 0 Å². The van der Waals surface area contributed by atoms with Crippen LogP contribution in [0.25, 0.3) is 0 Å². The monoisotopic (exact) mass is 278 g/mol. The van der Waals surface area contributed by atoms with Crippen molar-refractivity contribution < 1.29 is 19.2 Å². The summed E-state index contributed by atoms with van der Waals surface area (Å²) in [4.78, 5) is 21.5. The molecule has 106 valence electrons. The molecule has 0 atom stereocenters. The lowest BCUT2D eigenvalue weighted by Crippen LogP contribution is -2.16. The number of nitro groups is 1. The SMILES string of the molecule is CCCCOC(=O)COc1ccc(C#N)cc1[N+](=O)[O-]. The summed E-state index contributed by atoms with van der Waals surface area (Å²) in [6.07, 6.45) is 1.65. The molecule has 7 nitrogen and oxygen atoms in total. The number of esters is 1. The van der Waals surface area contributed by atoms with Crippen molar-refractivity contribution in [1.82, 2.24) is 0 Å². The summed E-state index contributed by atoms with van der Waals surface area (Å²) in [6.45, 7) is 1.86. The Morgan fingerprint density at radius 2 is 2.25 bits per heavy atom. The Bertz CT molecular complexity index is 536. The number of carbonyl (C=O) groups excluding carboxylic acids is 1. The lowest BCUT2D eigenvalue weighted by Gasteiger charge is -2.07. The smallest absolute Gasteiger partial charge is 0.344 e. The van der Waals surface area contributed by atoms with Gasteiger partial charge in [-0.25, -0.2) is 4.79 Å². The van der Waals surface area contributed by atoms with Crippen LogP contribution in [0.1, 0.15) is 25.3 Å². The number of carbonyl (C=O) groups is 1. The largest absolute Gasteiger partial charge is 0.475 e. The van der Waals surface area contributed by atoms with E-state index in [-0.39, 0.29) is 17.0 Å². The predicted molar refractivity (Wildman–Crippen MR) is 69.2 cm³/mol. The first-order valence-corrected chi connectivity index (χ1v) is 6.05. The van der Waals surface area contributed by atoms with Gasteiger partial charge in [0.2, 0.25) is 0 Å². The molecule has 0 saturated heterocycles. The predicted octanol–water partition coefficient (Wildman–Crippen LogP) is 2.19. The molecule has 0 saturated carbocycles. The van der Waals surface area contributed by atoms with Crippen molar-refractivity contribution in [2.45, 2.75) is 19.8 Å². The molecule has 0 bridgehead atoms. The van der Waals surface area contributed by atoms with Gasteiger partial charge in [-0.3, -0.25) is 10.1 Å². The van der Waals surface area contributed by atoms with Gasteiger partial charge in [0, 0.05) is 6.07 Å². The normalized spacial score (nSPS) is 9.60. The summed E-state index contributed by atoms with van der Waals surface area (Å²) in [5, 5.41) is 19.5. The van der Waals surface area contributed by atoms with E-state index in [0.29, 0.717) is 6.61 Å². The number of hydrogen-bond acceptors (Lipinski definition) is 6. The van der Waals surface area contributed by atoms with Gasteiger partial charge in [-0.15, -0.1) is 0 Å². The number of hydrogen-bond donors (Lipinski definition) is 0. The highest BCUT2D eigenvalue weighted by Crippen LogP contribution is 2.27. The number of benzene rings is 1. The molecule has 1 aromatic carbocycles. The number of unbranched alkanes of at least 4 members (excludes halogenated alkanes) is 1. The van der Waals surface area contributed by atoms with Crippen LogP contribution in [0.15, 0.2) is 18.2 Å². The van der Waals surface area contributed by atoms with Crippen molar-refractivity contribution in [1.29, 1.82) is 5.26 Å². The second-order valence-electron chi connectivity index (χ2n) is 3.91.